The van der Waals surface area contributed by atoms with Crippen molar-refractivity contribution in [1.82, 2.24) is 14.8 Å². The van der Waals surface area contributed by atoms with Crippen LogP contribution in [0.4, 0.5) is 23.7 Å². The Hall–Kier alpha value is -2.32. The van der Waals surface area contributed by atoms with Crippen LogP contribution in [-0.4, -0.2) is 52.9 Å². The van der Waals surface area contributed by atoms with Crippen LogP contribution in [-0.2, 0) is 11.0 Å². The molecule has 0 bridgehead atoms. The van der Waals surface area contributed by atoms with Crippen molar-refractivity contribution in [1.29, 1.82) is 0 Å². The summed E-state index contributed by atoms with van der Waals surface area (Å²) in [6.07, 6.45) is -3.56. The van der Waals surface area contributed by atoms with Crippen LogP contribution in [0.3, 0.4) is 0 Å². The van der Waals surface area contributed by atoms with Crippen molar-refractivity contribution in [3.8, 4) is 0 Å². The topological polar surface area (TPSA) is 65.5 Å². The summed E-state index contributed by atoms with van der Waals surface area (Å²) in [6, 6.07) is 0.342. The van der Waals surface area contributed by atoms with Gasteiger partial charge in [0.1, 0.15) is 12.2 Å². The summed E-state index contributed by atoms with van der Waals surface area (Å²) in [7, 11) is 0. The molecular formula is C14H17F3N4O2. The van der Waals surface area contributed by atoms with E-state index in [0.717, 1.165) is 12.3 Å². The highest BCUT2D eigenvalue weighted by atomic mass is 19.4. The van der Waals surface area contributed by atoms with Crippen molar-refractivity contribution in [3.05, 3.63) is 23.5 Å². The monoisotopic (exact) mass is 330 g/mol. The maximum Gasteiger partial charge on any atom is 0.433 e. The van der Waals surface area contributed by atoms with Gasteiger partial charge in [0.2, 0.25) is 5.91 Å². The summed E-state index contributed by atoms with van der Waals surface area (Å²) >= 11 is 0. The molecule has 1 aliphatic heterocycles. The molecule has 0 spiro atoms. The molecule has 0 unspecified atom stereocenters. The summed E-state index contributed by atoms with van der Waals surface area (Å²) in [5, 5.41) is 2.50. The van der Waals surface area contributed by atoms with E-state index >= 15 is 0 Å². The van der Waals surface area contributed by atoms with Crippen LogP contribution < -0.4 is 5.32 Å². The highest BCUT2D eigenvalue weighted by Gasteiger charge is 2.33. The van der Waals surface area contributed by atoms with Crippen molar-refractivity contribution in [2.24, 2.45) is 0 Å². The Morgan fingerprint density at radius 1 is 1.39 bits per heavy atom. The van der Waals surface area contributed by atoms with Crippen molar-refractivity contribution < 1.29 is 22.8 Å². The molecule has 1 fully saturated rings. The summed E-state index contributed by atoms with van der Waals surface area (Å²) < 4.78 is 37.7. The third-order valence-corrected chi connectivity index (χ3v) is 3.63. The zero-order valence-corrected chi connectivity index (χ0v) is 12.8. The Bertz CT molecular complexity index is 619. The Morgan fingerprint density at radius 2 is 2.09 bits per heavy atom. The van der Waals surface area contributed by atoms with E-state index in [-0.39, 0.29) is 23.7 Å². The van der Waals surface area contributed by atoms with Gasteiger partial charge in [0, 0.05) is 19.6 Å². The van der Waals surface area contributed by atoms with Gasteiger partial charge in [0.15, 0.2) is 0 Å². The molecule has 9 heteroatoms. The maximum atomic E-state index is 12.6. The highest BCUT2D eigenvalue weighted by molar-refractivity contribution is 5.93. The summed E-state index contributed by atoms with van der Waals surface area (Å²) in [4.78, 5) is 30.2. The Kier molecular flexibility index (Phi) is 4.76. The van der Waals surface area contributed by atoms with Crippen LogP contribution in [0.25, 0.3) is 0 Å². The number of hydrogen-bond donors (Lipinski definition) is 1. The maximum absolute atomic E-state index is 12.6. The van der Waals surface area contributed by atoms with Gasteiger partial charge in [-0.05, 0) is 25.5 Å². The standard InChI is InChI=1S/C14H17F3N4O2/c1-3-20-4-5-21(8-12(20)22)13(23)19-10-7-18-11(6-9(10)2)14(15,16)17/h6-7H,3-5,8H2,1-2H3,(H,19,23). The lowest BCUT2D eigenvalue weighted by Crippen LogP contribution is -2.53. The quantitative estimate of drug-likeness (QED) is 0.903. The van der Waals surface area contributed by atoms with Crippen LogP contribution >= 0.6 is 0 Å². The number of urea groups is 1. The number of carbonyl (C=O) groups excluding carboxylic acids is 2. The molecule has 1 N–H and O–H groups in total. The highest BCUT2D eigenvalue weighted by Crippen LogP contribution is 2.29. The largest absolute Gasteiger partial charge is 0.433 e. The molecule has 0 aliphatic carbocycles. The summed E-state index contributed by atoms with van der Waals surface area (Å²) in [5.41, 5.74) is -0.577. The molecule has 0 radical (unpaired) electrons. The Balaban J connectivity index is 2.05. The smallest absolute Gasteiger partial charge is 0.340 e. The number of carbonyl (C=O) groups is 2. The number of rotatable bonds is 2. The van der Waals surface area contributed by atoms with E-state index in [4.69, 9.17) is 0 Å². The number of alkyl halides is 3. The number of nitrogens with zero attached hydrogens (tertiary/aromatic N) is 3. The minimum Gasteiger partial charge on any atom is -0.340 e. The zero-order chi connectivity index (χ0) is 17.2. The average Bonchev–Trinajstić information content (AvgIpc) is 2.48. The first-order valence-corrected chi connectivity index (χ1v) is 7.10. The number of aryl methyl sites for hydroxylation is 1. The van der Waals surface area contributed by atoms with Gasteiger partial charge in [-0.3, -0.25) is 4.79 Å². The Labute approximate surface area is 131 Å². The molecule has 23 heavy (non-hydrogen) atoms. The number of halogens is 3. The molecule has 1 aliphatic rings. The van der Waals surface area contributed by atoms with E-state index in [9.17, 15) is 22.8 Å². The minimum absolute atomic E-state index is 0.0488. The van der Waals surface area contributed by atoms with E-state index in [1.54, 1.807) is 4.90 Å². The number of nitrogens with one attached hydrogen (secondary N) is 1. The number of amides is 3. The van der Waals surface area contributed by atoms with Gasteiger partial charge in [-0.1, -0.05) is 0 Å². The number of likely N-dealkylation sites (N-methyl/N-ethyl adjacent to an activating group) is 1. The molecular weight excluding hydrogens is 313 g/mol. The number of hydrogen-bond acceptors (Lipinski definition) is 3. The summed E-state index contributed by atoms with van der Waals surface area (Å²) in [5.74, 6) is -0.156. The summed E-state index contributed by atoms with van der Waals surface area (Å²) in [6.45, 7) is 4.64. The van der Waals surface area contributed by atoms with Crippen LogP contribution in [0.2, 0.25) is 0 Å². The van der Waals surface area contributed by atoms with Crippen molar-refractivity contribution in [2.45, 2.75) is 20.0 Å². The first-order valence-electron chi connectivity index (χ1n) is 7.10. The van der Waals surface area contributed by atoms with Crippen LogP contribution in [0.1, 0.15) is 18.2 Å². The third-order valence-electron chi connectivity index (χ3n) is 3.63. The van der Waals surface area contributed by atoms with Gasteiger partial charge in [0.25, 0.3) is 0 Å². The Morgan fingerprint density at radius 3 is 2.61 bits per heavy atom. The molecule has 1 saturated heterocycles. The molecule has 3 amide bonds. The molecule has 1 aromatic rings. The molecule has 0 saturated carbocycles. The average molecular weight is 330 g/mol. The van der Waals surface area contributed by atoms with Gasteiger partial charge >= 0.3 is 12.2 Å². The molecule has 2 heterocycles. The molecule has 0 aromatic carbocycles. The van der Waals surface area contributed by atoms with E-state index in [2.05, 4.69) is 10.3 Å². The van der Waals surface area contributed by atoms with Crippen molar-refractivity contribution in [3.63, 3.8) is 0 Å². The minimum atomic E-state index is -4.53. The lowest BCUT2D eigenvalue weighted by atomic mass is 10.2. The van der Waals surface area contributed by atoms with Crippen molar-refractivity contribution in [2.75, 3.05) is 31.5 Å². The normalized spacial score (nSPS) is 15.8. The lowest BCUT2D eigenvalue weighted by molar-refractivity contribution is -0.141. The van der Waals surface area contributed by atoms with E-state index in [0.29, 0.717) is 19.6 Å². The lowest BCUT2D eigenvalue weighted by Gasteiger charge is -2.33. The van der Waals surface area contributed by atoms with E-state index in [1.165, 1.54) is 11.8 Å². The second kappa shape index (κ2) is 6.43. The first-order chi connectivity index (χ1) is 10.7. The number of pyridine rings is 1. The van der Waals surface area contributed by atoms with Gasteiger partial charge < -0.3 is 15.1 Å². The van der Waals surface area contributed by atoms with Crippen LogP contribution in [0, 0.1) is 6.92 Å². The third kappa shape index (κ3) is 3.91. The molecule has 1 aromatic heterocycles. The predicted octanol–water partition coefficient (Wildman–Crippen LogP) is 2.10. The second-order valence-electron chi connectivity index (χ2n) is 5.21. The van der Waals surface area contributed by atoms with Crippen LogP contribution in [0.15, 0.2) is 12.3 Å². The van der Waals surface area contributed by atoms with E-state index < -0.39 is 17.9 Å². The fraction of sp³-hybridized carbons (Fsp3) is 0.500. The molecule has 2 rings (SSSR count). The zero-order valence-electron chi connectivity index (χ0n) is 12.8. The van der Waals surface area contributed by atoms with Gasteiger partial charge in [-0.2, -0.15) is 13.2 Å². The fourth-order valence-electron chi connectivity index (χ4n) is 2.25. The number of aromatic nitrogens is 1. The molecule has 6 nitrogen and oxygen atoms in total. The van der Waals surface area contributed by atoms with Crippen LogP contribution in [0.5, 0.6) is 0 Å². The second-order valence-corrected chi connectivity index (χ2v) is 5.21. The number of piperazine rings is 1. The number of anilines is 1. The van der Waals surface area contributed by atoms with Gasteiger partial charge in [-0.25, -0.2) is 9.78 Å². The first kappa shape index (κ1) is 17.0. The fourth-order valence-corrected chi connectivity index (χ4v) is 2.25. The SMILES string of the molecule is CCN1CCN(C(=O)Nc2cnc(C(F)(F)F)cc2C)CC1=O. The van der Waals surface area contributed by atoms with Gasteiger partial charge in [-0.15, -0.1) is 0 Å². The molecule has 126 valence electrons. The van der Waals surface area contributed by atoms with E-state index in [1.807, 2.05) is 6.92 Å². The van der Waals surface area contributed by atoms with Crippen molar-refractivity contribution >= 4 is 17.6 Å². The molecule has 0 atom stereocenters. The predicted molar refractivity (Wildman–Crippen MR) is 76.8 cm³/mol. The van der Waals surface area contributed by atoms with Gasteiger partial charge in [0.05, 0.1) is 11.9 Å².